The molecule has 30 heavy (non-hydrogen) atoms. The van der Waals surface area contributed by atoms with Crippen molar-refractivity contribution in [2.75, 3.05) is 31.5 Å². The van der Waals surface area contributed by atoms with Crippen molar-refractivity contribution in [3.8, 4) is 0 Å². The van der Waals surface area contributed by atoms with Gasteiger partial charge in [0, 0.05) is 57.1 Å². The minimum atomic E-state index is -0.409. The summed E-state index contributed by atoms with van der Waals surface area (Å²) in [6.45, 7) is 6.12. The molecule has 1 aromatic heterocycles. The maximum absolute atomic E-state index is 12.3. The van der Waals surface area contributed by atoms with Gasteiger partial charge in [0.25, 0.3) is 5.69 Å². The molecule has 6 nitrogen and oxygen atoms in total. The third-order valence-electron chi connectivity index (χ3n) is 5.39. The van der Waals surface area contributed by atoms with Gasteiger partial charge in [0.05, 0.1) is 0 Å². The SMILES string of the molecule is O=C(Nc1ccc(CN2CCN(Cc3ccccc3)CC2)cc1)c1cccc[n+]1[O-]. The van der Waals surface area contributed by atoms with Crippen molar-refractivity contribution in [3.63, 3.8) is 0 Å². The number of hydrogen-bond donors (Lipinski definition) is 1. The van der Waals surface area contributed by atoms with E-state index < -0.39 is 5.91 Å². The average molecular weight is 402 g/mol. The van der Waals surface area contributed by atoms with Crippen molar-refractivity contribution in [2.24, 2.45) is 0 Å². The van der Waals surface area contributed by atoms with E-state index in [1.807, 2.05) is 24.3 Å². The molecule has 1 saturated heterocycles. The maximum atomic E-state index is 12.3. The van der Waals surface area contributed by atoms with Crippen LogP contribution in [-0.4, -0.2) is 41.9 Å². The maximum Gasteiger partial charge on any atom is 0.321 e. The molecular weight excluding hydrogens is 376 g/mol. The topological polar surface area (TPSA) is 62.5 Å². The highest BCUT2D eigenvalue weighted by molar-refractivity contribution is 6.01. The second-order valence-corrected chi connectivity index (χ2v) is 7.60. The lowest BCUT2D eigenvalue weighted by Crippen LogP contribution is -2.45. The van der Waals surface area contributed by atoms with Crippen molar-refractivity contribution in [3.05, 3.63) is 101 Å². The Kier molecular flexibility index (Phi) is 6.37. The summed E-state index contributed by atoms with van der Waals surface area (Å²) < 4.78 is 0.571. The highest BCUT2D eigenvalue weighted by Crippen LogP contribution is 2.15. The van der Waals surface area contributed by atoms with Crippen LogP contribution in [0.2, 0.25) is 0 Å². The van der Waals surface area contributed by atoms with Crippen LogP contribution in [0.4, 0.5) is 5.69 Å². The number of hydrogen-bond acceptors (Lipinski definition) is 4. The second-order valence-electron chi connectivity index (χ2n) is 7.60. The van der Waals surface area contributed by atoms with Crippen LogP contribution in [0.25, 0.3) is 0 Å². The molecule has 2 aromatic carbocycles. The van der Waals surface area contributed by atoms with Crippen molar-refractivity contribution in [1.82, 2.24) is 9.80 Å². The standard InChI is InChI=1S/C24H26N4O2/c29-24(23-8-4-5-13-28(23)30)25-22-11-9-21(10-12-22)19-27-16-14-26(15-17-27)18-20-6-2-1-3-7-20/h1-13H,14-19H2,(H,25,29). The molecule has 1 N–H and O–H groups in total. The molecule has 154 valence electrons. The summed E-state index contributed by atoms with van der Waals surface area (Å²) in [5, 5.41) is 14.5. The predicted octanol–water partition coefficient (Wildman–Crippen LogP) is 2.89. The zero-order chi connectivity index (χ0) is 20.8. The molecule has 0 aliphatic carbocycles. The fraction of sp³-hybridized carbons (Fsp3) is 0.250. The van der Waals surface area contributed by atoms with Crippen LogP contribution in [-0.2, 0) is 13.1 Å². The van der Waals surface area contributed by atoms with Gasteiger partial charge in [-0.15, -0.1) is 0 Å². The molecule has 0 bridgehead atoms. The molecule has 1 aliphatic heterocycles. The van der Waals surface area contributed by atoms with Gasteiger partial charge in [-0.1, -0.05) is 42.5 Å². The van der Waals surface area contributed by atoms with Gasteiger partial charge in [0.2, 0.25) is 0 Å². The minimum absolute atomic E-state index is 0.0787. The Hall–Kier alpha value is -3.22. The Morgan fingerprint density at radius 3 is 1.97 bits per heavy atom. The smallest absolute Gasteiger partial charge is 0.321 e. The number of nitrogens with zero attached hydrogens (tertiary/aromatic N) is 3. The van der Waals surface area contributed by atoms with E-state index in [4.69, 9.17) is 0 Å². The van der Waals surface area contributed by atoms with Gasteiger partial charge in [-0.25, -0.2) is 0 Å². The van der Waals surface area contributed by atoms with Crippen LogP contribution in [0.1, 0.15) is 21.6 Å². The van der Waals surface area contributed by atoms with E-state index in [0.29, 0.717) is 10.4 Å². The van der Waals surface area contributed by atoms with Crippen LogP contribution in [0, 0.1) is 5.21 Å². The fourth-order valence-electron chi connectivity index (χ4n) is 3.70. The fourth-order valence-corrected chi connectivity index (χ4v) is 3.70. The Morgan fingerprint density at radius 1 is 0.800 bits per heavy atom. The third-order valence-corrected chi connectivity index (χ3v) is 5.39. The zero-order valence-electron chi connectivity index (χ0n) is 16.9. The lowest BCUT2D eigenvalue weighted by molar-refractivity contribution is -0.607. The summed E-state index contributed by atoms with van der Waals surface area (Å²) in [4.78, 5) is 17.2. The Bertz CT molecular complexity index is 968. The Balaban J connectivity index is 1.26. The van der Waals surface area contributed by atoms with Crippen molar-refractivity contribution in [2.45, 2.75) is 13.1 Å². The van der Waals surface area contributed by atoms with Gasteiger partial charge < -0.3 is 10.5 Å². The largest absolute Gasteiger partial charge is 0.618 e. The summed E-state index contributed by atoms with van der Waals surface area (Å²) in [5.74, 6) is -0.409. The number of aromatic nitrogens is 1. The van der Waals surface area contributed by atoms with E-state index in [-0.39, 0.29) is 5.69 Å². The lowest BCUT2D eigenvalue weighted by atomic mass is 10.1. The summed E-state index contributed by atoms with van der Waals surface area (Å²) in [6, 6.07) is 23.2. The molecule has 1 amide bonds. The van der Waals surface area contributed by atoms with E-state index in [9.17, 15) is 10.0 Å². The van der Waals surface area contributed by atoms with Crippen molar-refractivity contribution in [1.29, 1.82) is 0 Å². The molecule has 0 unspecified atom stereocenters. The molecule has 2 heterocycles. The molecule has 0 atom stereocenters. The van der Waals surface area contributed by atoms with E-state index in [0.717, 1.165) is 39.3 Å². The van der Waals surface area contributed by atoms with Gasteiger partial charge in [0.1, 0.15) is 0 Å². The first-order valence-corrected chi connectivity index (χ1v) is 10.2. The first-order chi connectivity index (χ1) is 14.7. The van der Waals surface area contributed by atoms with Gasteiger partial charge >= 0.3 is 5.91 Å². The number of carbonyl (C=O) groups excluding carboxylic acids is 1. The van der Waals surface area contributed by atoms with E-state index in [1.165, 1.54) is 23.4 Å². The Morgan fingerprint density at radius 2 is 1.37 bits per heavy atom. The van der Waals surface area contributed by atoms with Crippen LogP contribution < -0.4 is 10.0 Å². The number of benzene rings is 2. The summed E-state index contributed by atoms with van der Waals surface area (Å²) >= 11 is 0. The molecule has 4 rings (SSSR count). The number of piperazine rings is 1. The number of carbonyl (C=O) groups is 1. The minimum Gasteiger partial charge on any atom is -0.618 e. The van der Waals surface area contributed by atoms with Crippen molar-refractivity contribution < 1.29 is 9.52 Å². The highest BCUT2D eigenvalue weighted by atomic mass is 16.5. The number of anilines is 1. The van der Waals surface area contributed by atoms with Crippen LogP contribution >= 0.6 is 0 Å². The van der Waals surface area contributed by atoms with Crippen LogP contribution in [0.15, 0.2) is 79.0 Å². The Labute approximate surface area is 177 Å². The van der Waals surface area contributed by atoms with Crippen LogP contribution in [0.5, 0.6) is 0 Å². The molecule has 0 spiro atoms. The van der Waals surface area contributed by atoms with E-state index in [2.05, 4.69) is 45.4 Å². The number of nitrogens with one attached hydrogen (secondary N) is 1. The molecule has 0 radical (unpaired) electrons. The molecule has 6 heteroatoms. The van der Waals surface area contributed by atoms with Gasteiger partial charge in [-0.2, -0.15) is 4.73 Å². The second kappa shape index (κ2) is 9.52. The summed E-state index contributed by atoms with van der Waals surface area (Å²) in [6.07, 6.45) is 1.32. The van der Waals surface area contributed by atoms with Gasteiger partial charge in [-0.3, -0.25) is 14.6 Å². The van der Waals surface area contributed by atoms with E-state index >= 15 is 0 Å². The average Bonchev–Trinajstić information content (AvgIpc) is 2.77. The molecular formula is C24H26N4O2. The van der Waals surface area contributed by atoms with Gasteiger partial charge in [0.15, 0.2) is 6.20 Å². The molecule has 0 saturated carbocycles. The first kappa shape index (κ1) is 20.1. The van der Waals surface area contributed by atoms with E-state index in [1.54, 1.807) is 12.1 Å². The summed E-state index contributed by atoms with van der Waals surface area (Å²) in [7, 11) is 0. The summed E-state index contributed by atoms with van der Waals surface area (Å²) in [5.41, 5.74) is 3.33. The van der Waals surface area contributed by atoms with Crippen molar-refractivity contribution >= 4 is 11.6 Å². The first-order valence-electron chi connectivity index (χ1n) is 10.2. The highest BCUT2D eigenvalue weighted by Gasteiger charge is 2.18. The predicted molar refractivity (Wildman–Crippen MR) is 117 cm³/mol. The number of amides is 1. The van der Waals surface area contributed by atoms with Gasteiger partial charge in [-0.05, 0) is 29.3 Å². The monoisotopic (exact) mass is 402 g/mol. The van der Waals surface area contributed by atoms with Crippen LogP contribution in [0.3, 0.4) is 0 Å². The zero-order valence-corrected chi connectivity index (χ0v) is 16.9. The number of pyridine rings is 1. The normalized spacial score (nSPS) is 15.1. The quantitative estimate of drug-likeness (QED) is 0.509. The number of rotatable bonds is 6. The third kappa shape index (κ3) is 5.23. The molecule has 1 fully saturated rings. The molecule has 3 aromatic rings. The lowest BCUT2D eigenvalue weighted by Gasteiger charge is -2.34. The molecule has 1 aliphatic rings.